The second-order valence-corrected chi connectivity index (χ2v) is 4.63. The van der Waals surface area contributed by atoms with E-state index in [0.717, 1.165) is 5.56 Å². The van der Waals surface area contributed by atoms with Crippen LogP contribution >= 0.6 is 0 Å². The van der Waals surface area contributed by atoms with Gasteiger partial charge in [0.1, 0.15) is 0 Å². The number of carbonyl (C=O) groups is 1. The summed E-state index contributed by atoms with van der Waals surface area (Å²) < 4.78 is 18.8. The van der Waals surface area contributed by atoms with Gasteiger partial charge in [-0.3, -0.25) is 9.78 Å². The van der Waals surface area contributed by atoms with E-state index in [2.05, 4.69) is 10.3 Å². The predicted octanol–water partition coefficient (Wildman–Crippen LogP) is 2.86. The Kier molecular flexibility index (Phi) is 4.87. The van der Waals surface area contributed by atoms with E-state index in [-0.39, 0.29) is 18.2 Å². The Hall–Kier alpha value is -2.43. The lowest BCUT2D eigenvalue weighted by Gasteiger charge is -2.08. The van der Waals surface area contributed by atoms with Gasteiger partial charge in [-0.1, -0.05) is 6.07 Å². The van der Waals surface area contributed by atoms with Crippen LogP contribution in [0.2, 0.25) is 0 Å². The summed E-state index contributed by atoms with van der Waals surface area (Å²) in [5.74, 6) is -0.447. The zero-order valence-corrected chi connectivity index (χ0v) is 12.0. The van der Waals surface area contributed by atoms with Crippen LogP contribution in [0.1, 0.15) is 28.4 Å². The van der Waals surface area contributed by atoms with Crippen molar-refractivity contribution in [3.8, 4) is 5.75 Å². The number of hydrogen-bond donors (Lipinski definition) is 1. The molecule has 0 saturated heterocycles. The number of pyridine rings is 1. The molecule has 2 rings (SSSR count). The van der Waals surface area contributed by atoms with Crippen molar-refractivity contribution in [2.45, 2.75) is 20.4 Å². The number of benzene rings is 1. The van der Waals surface area contributed by atoms with Crippen LogP contribution in [0.5, 0.6) is 5.75 Å². The molecule has 0 spiro atoms. The molecule has 5 heteroatoms. The molecule has 0 atom stereocenters. The van der Waals surface area contributed by atoms with Gasteiger partial charge in [-0.25, -0.2) is 4.39 Å². The molecule has 110 valence electrons. The Morgan fingerprint density at radius 3 is 2.81 bits per heavy atom. The van der Waals surface area contributed by atoms with Gasteiger partial charge < -0.3 is 10.1 Å². The molecular formula is C16H17FN2O2. The smallest absolute Gasteiger partial charge is 0.253 e. The number of halogens is 1. The fourth-order valence-corrected chi connectivity index (χ4v) is 1.89. The number of amides is 1. The quantitative estimate of drug-likeness (QED) is 0.920. The molecule has 4 nitrogen and oxygen atoms in total. The zero-order chi connectivity index (χ0) is 15.2. The van der Waals surface area contributed by atoms with Gasteiger partial charge in [-0.15, -0.1) is 0 Å². The van der Waals surface area contributed by atoms with Crippen LogP contribution in [-0.4, -0.2) is 17.5 Å². The van der Waals surface area contributed by atoms with Crippen molar-refractivity contribution in [2.24, 2.45) is 0 Å². The Labute approximate surface area is 123 Å². The second kappa shape index (κ2) is 6.83. The first-order chi connectivity index (χ1) is 10.1. The Morgan fingerprint density at radius 2 is 2.14 bits per heavy atom. The highest BCUT2D eigenvalue weighted by atomic mass is 19.1. The lowest BCUT2D eigenvalue weighted by atomic mass is 10.2. The Balaban J connectivity index is 2.00. The highest BCUT2D eigenvalue weighted by Crippen LogP contribution is 2.18. The summed E-state index contributed by atoms with van der Waals surface area (Å²) in [4.78, 5) is 15.9. The minimum Gasteiger partial charge on any atom is -0.491 e. The molecule has 1 amide bonds. The standard InChI is InChI=1S/C16H17FN2O2/c1-3-21-15-5-4-12(7-14(15)17)9-19-16(20)13-6-11(2)8-18-10-13/h4-8,10H,3,9H2,1-2H3,(H,19,20). The first-order valence-corrected chi connectivity index (χ1v) is 6.71. The molecule has 1 N–H and O–H groups in total. The third-order valence-electron chi connectivity index (χ3n) is 2.89. The van der Waals surface area contributed by atoms with E-state index in [1.165, 1.54) is 12.3 Å². The van der Waals surface area contributed by atoms with E-state index < -0.39 is 5.82 Å². The fourth-order valence-electron chi connectivity index (χ4n) is 1.89. The molecule has 1 aromatic carbocycles. The number of carbonyl (C=O) groups excluding carboxylic acids is 1. The molecule has 0 bridgehead atoms. The van der Waals surface area contributed by atoms with Crippen LogP contribution in [0.4, 0.5) is 4.39 Å². The Bertz CT molecular complexity index is 644. The van der Waals surface area contributed by atoms with Gasteiger partial charge >= 0.3 is 0 Å². The van der Waals surface area contributed by atoms with Gasteiger partial charge in [0.2, 0.25) is 0 Å². The number of ether oxygens (including phenoxy) is 1. The minimum atomic E-state index is -0.430. The van der Waals surface area contributed by atoms with E-state index in [0.29, 0.717) is 17.7 Å². The first-order valence-electron chi connectivity index (χ1n) is 6.71. The lowest BCUT2D eigenvalue weighted by Crippen LogP contribution is -2.23. The van der Waals surface area contributed by atoms with Crippen molar-refractivity contribution in [2.75, 3.05) is 6.61 Å². The maximum Gasteiger partial charge on any atom is 0.253 e. The summed E-state index contributed by atoms with van der Waals surface area (Å²) in [7, 11) is 0. The molecule has 21 heavy (non-hydrogen) atoms. The summed E-state index contributed by atoms with van der Waals surface area (Å²) in [5, 5.41) is 2.73. The first kappa shape index (κ1) is 15.0. The number of aryl methyl sites for hydroxylation is 1. The zero-order valence-electron chi connectivity index (χ0n) is 12.0. The van der Waals surface area contributed by atoms with Crippen LogP contribution in [0, 0.1) is 12.7 Å². The molecule has 1 heterocycles. The van der Waals surface area contributed by atoms with Gasteiger partial charge in [0.15, 0.2) is 11.6 Å². The molecule has 0 fully saturated rings. The van der Waals surface area contributed by atoms with Crippen LogP contribution in [0.25, 0.3) is 0 Å². The van der Waals surface area contributed by atoms with Crippen molar-refractivity contribution in [3.63, 3.8) is 0 Å². The maximum absolute atomic E-state index is 13.7. The van der Waals surface area contributed by atoms with E-state index in [9.17, 15) is 9.18 Å². The van der Waals surface area contributed by atoms with Gasteiger partial charge in [-0.2, -0.15) is 0 Å². The highest BCUT2D eigenvalue weighted by molar-refractivity contribution is 5.93. The average molecular weight is 288 g/mol. The van der Waals surface area contributed by atoms with Gasteiger partial charge in [-0.05, 0) is 43.2 Å². The summed E-state index contributed by atoms with van der Waals surface area (Å²) >= 11 is 0. The number of rotatable bonds is 5. The number of aromatic nitrogens is 1. The predicted molar refractivity (Wildman–Crippen MR) is 77.7 cm³/mol. The monoisotopic (exact) mass is 288 g/mol. The molecular weight excluding hydrogens is 271 g/mol. The lowest BCUT2D eigenvalue weighted by molar-refractivity contribution is 0.0950. The van der Waals surface area contributed by atoms with E-state index in [1.54, 1.807) is 31.3 Å². The summed E-state index contributed by atoms with van der Waals surface area (Å²) in [5.41, 5.74) is 2.07. The van der Waals surface area contributed by atoms with Crippen LogP contribution < -0.4 is 10.1 Å². The molecule has 0 aliphatic carbocycles. The van der Waals surface area contributed by atoms with Gasteiger partial charge in [0.05, 0.1) is 12.2 Å². The molecule has 0 aliphatic heterocycles. The van der Waals surface area contributed by atoms with Crippen molar-refractivity contribution < 1.29 is 13.9 Å². The average Bonchev–Trinajstić information content (AvgIpc) is 2.47. The topological polar surface area (TPSA) is 51.2 Å². The molecule has 2 aromatic rings. The number of nitrogens with one attached hydrogen (secondary N) is 1. The summed E-state index contributed by atoms with van der Waals surface area (Å²) in [6.07, 6.45) is 3.18. The van der Waals surface area contributed by atoms with Gasteiger partial charge in [0, 0.05) is 18.9 Å². The third-order valence-corrected chi connectivity index (χ3v) is 2.89. The normalized spacial score (nSPS) is 10.2. The van der Waals surface area contributed by atoms with E-state index in [4.69, 9.17) is 4.74 Å². The summed E-state index contributed by atoms with van der Waals surface area (Å²) in [6, 6.07) is 6.40. The SMILES string of the molecule is CCOc1ccc(CNC(=O)c2cncc(C)c2)cc1F. The van der Waals surface area contributed by atoms with Crippen molar-refractivity contribution in [1.29, 1.82) is 0 Å². The minimum absolute atomic E-state index is 0.218. The molecule has 0 saturated carbocycles. The largest absolute Gasteiger partial charge is 0.491 e. The van der Waals surface area contributed by atoms with E-state index >= 15 is 0 Å². The molecule has 1 aromatic heterocycles. The third kappa shape index (κ3) is 4.02. The number of nitrogens with zero attached hydrogens (tertiary/aromatic N) is 1. The fraction of sp³-hybridized carbons (Fsp3) is 0.250. The van der Waals surface area contributed by atoms with Crippen LogP contribution in [-0.2, 0) is 6.54 Å². The Morgan fingerprint density at radius 1 is 1.33 bits per heavy atom. The molecule has 0 aliphatic rings. The summed E-state index contributed by atoms with van der Waals surface area (Å²) in [6.45, 7) is 4.32. The number of hydrogen-bond acceptors (Lipinski definition) is 3. The second-order valence-electron chi connectivity index (χ2n) is 4.63. The van der Waals surface area contributed by atoms with Crippen LogP contribution in [0.3, 0.4) is 0 Å². The highest BCUT2D eigenvalue weighted by Gasteiger charge is 2.08. The molecule has 0 unspecified atom stereocenters. The van der Waals surface area contributed by atoms with Crippen molar-refractivity contribution in [1.82, 2.24) is 10.3 Å². The van der Waals surface area contributed by atoms with Crippen molar-refractivity contribution in [3.05, 3.63) is 59.2 Å². The van der Waals surface area contributed by atoms with Gasteiger partial charge in [0.25, 0.3) is 5.91 Å². The van der Waals surface area contributed by atoms with Crippen LogP contribution in [0.15, 0.2) is 36.7 Å². The van der Waals surface area contributed by atoms with E-state index in [1.807, 2.05) is 6.92 Å². The maximum atomic E-state index is 13.7. The molecule has 0 radical (unpaired) electrons. The van der Waals surface area contributed by atoms with Crippen molar-refractivity contribution >= 4 is 5.91 Å².